The predicted octanol–water partition coefficient (Wildman–Crippen LogP) is 3.28. The summed E-state index contributed by atoms with van der Waals surface area (Å²) in [6, 6.07) is 9.57. The number of methoxy groups -OCH3 is 1. The molecule has 1 aromatic carbocycles. The molecule has 1 aromatic heterocycles. The summed E-state index contributed by atoms with van der Waals surface area (Å²) in [7, 11) is 1.32. The lowest BCUT2D eigenvalue weighted by atomic mass is 10.0. The molecule has 130 valence electrons. The van der Waals surface area contributed by atoms with Crippen molar-refractivity contribution in [3.8, 4) is 0 Å². The van der Waals surface area contributed by atoms with Gasteiger partial charge in [-0.25, -0.2) is 4.79 Å². The predicted molar refractivity (Wildman–Crippen MR) is 96.2 cm³/mol. The molecular formula is C18H18N2O4S. The molecule has 1 amide bonds. The molecule has 7 heteroatoms. The van der Waals surface area contributed by atoms with Gasteiger partial charge in [0.05, 0.1) is 18.4 Å². The Morgan fingerprint density at radius 2 is 2.00 bits per heavy atom. The quantitative estimate of drug-likeness (QED) is 0.851. The second-order valence-electron chi connectivity index (χ2n) is 5.67. The van der Waals surface area contributed by atoms with E-state index in [-0.39, 0.29) is 5.91 Å². The molecule has 0 aliphatic carbocycles. The summed E-state index contributed by atoms with van der Waals surface area (Å²) in [6.45, 7) is 3.72. The minimum absolute atomic E-state index is 0.332. The molecule has 1 aliphatic heterocycles. The van der Waals surface area contributed by atoms with Gasteiger partial charge in [-0.15, -0.1) is 11.3 Å². The number of ether oxygens (including phenoxy) is 1. The van der Waals surface area contributed by atoms with Gasteiger partial charge in [0.1, 0.15) is 5.00 Å². The molecule has 2 aromatic rings. The lowest BCUT2D eigenvalue weighted by Crippen LogP contribution is -2.28. The van der Waals surface area contributed by atoms with Crippen LogP contribution in [0.5, 0.6) is 0 Å². The fraction of sp³-hybridized carbons (Fsp3) is 0.278. The maximum Gasteiger partial charge on any atom is 0.341 e. The number of rotatable bonds is 4. The topological polar surface area (TPSA) is 77.0 Å². The van der Waals surface area contributed by atoms with Crippen molar-refractivity contribution in [2.75, 3.05) is 12.4 Å². The van der Waals surface area contributed by atoms with Gasteiger partial charge in [0, 0.05) is 11.3 Å². The van der Waals surface area contributed by atoms with Gasteiger partial charge < -0.3 is 14.9 Å². The zero-order valence-corrected chi connectivity index (χ0v) is 15.0. The molecule has 0 spiro atoms. The number of amides is 1. The number of anilines is 1. The number of carbonyl (C=O) groups is 2. The Hall–Kier alpha value is -2.67. The van der Waals surface area contributed by atoms with Crippen molar-refractivity contribution in [2.24, 2.45) is 5.16 Å². The van der Waals surface area contributed by atoms with E-state index in [4.69, 9.17) is 9.57 Å². The number of thiophene rings is 1. The summed E-state index contributed by atoms with van der Waals surface area (Å²) in [4.78, 5) is 30.7. The van der Waals surface area contributed by atoms with Gasteiger partial charge in [-0.1, -0.05) is 35.5 Å². The van der Waals surface area contributed by atoms with Crippen molar-refractivity contribution >= 4 is 33.9 Å². The molecule has 2 heterocycles. The fourth-order valence-corrected chi connectivity index (χ4v) is 3.63. The highest BCUT2D eigenvalue weighted by Crippen LogP contribution is 2.33. The van der Waals surface area contributed by atoms with Crippen LogP contribution in [0.2, 0.25) is 0 Å². The van der Waals surface area contributed by atoms with Crippen LogP contribution in [0, 0.1) is 13.8 Å². The summed E-state index contributed by atoms with van der Waals surface area (Å²) >= 11 is 1.34. The number of nitrogens with one attached hydrogen (secondary N) is 1. The normalized spacial score (nSPS) is 16.1. The van der Waals surface area contributed by atoms with E-state index in [2.05, 4.69) is 10.5 Å². The van der Waals surface area contributed by atoms with E-state index in [0.29, 0.717) is 17.0 Å². The van der Waals surface area contributed by atoms with Gasteiger partial charge in [0.25, 0.3) is 5.91 Å². The van der Waals surface area contributed by atoms with Crippen LogP contribution in [-0.4, -0.2) is 30.8 Å². The van der Waals surface area contributed by atoms with Crippen molar-refractivity contribution in [2.45, 2.75) is 26.4 Å². The van der Waals surface area contributed by atoms with Crippen LogP contribution in [0.1, 0.15) is 32.8 Å². The first-order valence-corrected chi connectivity index (χ1v) is 8.60. The molecule has 1 N–H and O–H groups in total. The zero-order valence-electron chi connectivity index (χ0n) is 14.2. The zero-order chi connectivity index (χ0) is 18.0. The summed E-state index contributed by atoms with van der Waals surface area (Å²) in [5.74, 6) is -0.799. The molecule has 0 radical (unpaired) electrons. The molecule has 6 nitrogen and oxygen atoms in total. The van der Waals surface area contributed by atoms with Crippen molar-refractivity contribution < 1.29 is 19.2 Å². The standard InChI is InChI=1S/C18H18N2O4S/c1-10-11(2)25-17(15(10)18(22)23-3)19-16(21)14-9-13(20-24-14)12-7-5-4-6-8-12/h4-8,14H,9H2,1-3H3,(H,19,21)/t14-/m0/s1. The van der Waals surface area contributed by atoms with Gasteiger partial charge in [0.15, 0.2) is 0 Å². The molecule has 0 saturated heterocycles. The Bertz CT molecular complexity index is 842. The Labute approximate surface area is 149 Å². The number of hydrogen-bond donors (Lipinski definition) is 1. The molecule has 0 saturated carbocycles. The maximum absolute atomic E-state index is 12.5. The monoisotopic (exact) mass is 358 g/mol. The average molecular weight is 358 g/mol. The lowest BCUT2D eigenvalue weighted by molar-refractivity contribution is -0.125. The van der Waals surface area contributed by atoms with Crippen LogP contribution in [0.15, 0.2) is 35.5 Å². The number of hydrogen-bond acceptors (Lipinski definition) is 6. The lowest BCUT2D eigenvalue weighted by Gasteiger charge is -2.09. The molecule has 3 rings (SSSR count). The van der Waals surface area contributed by atoms with Crippen LogP contribution < -0.4 is 5.32 Å². The molecule has 1 atom stereocenters. The largest absolute Gasteiger partial charge is 0.465 e. The van der Waals surface area contributed by atoms with E-state index in [9.17, 15) is 9.59 Å². The third-order valence-corrected chi connectivity index (χ3v) is 5.20. The smallest absolute Gasteiger partial charge is 0.341 e. The number of carbonyl (C=O) groups excluding carboxylic acids is 2. The molecule has 0 bridgehead atoms. The number of benzene rings is 1. The van der Waals surface area contributed by atoms with Gasteiger partial charge in [-0.2, -0.15) is 0 Å². The SMILES string of the molecule is COC(=O)c1c(NC(=O)[C@@H]2CC(c3ccccc3)=NO2)sc(C)c1C. The van der Waals surface area contributed by atoms with Gasteiger partial charge in [-0.05, 0) is 25.0 Å². The Morgan fingerprint density at radius 1 is 1.28 bits per heavy atom. The second-order valence-corrected chi connectivity index (χ2v) is 6.90. The number of nitrogens with zero attached hydrogens (tertiary/aromatic N) is 1. The van der Waals surface area contributed by atoms with E-state index in [1.54, 1.807) is 0 Å². The minimum Gasteiger partial charge on any atom is -0.465 e. The van der Waals surface area contributed by atoms with Crippen LogP contribution in [0.25, 0.3) is 0 Å². The van der Waals surface area contributed by atoms with Crippen LogP contribution >= 0.6 is 11.3 Å². The van der Waals surface area contributed by atoms with Crippen molar-refractivity contribution in [1.82, 2.24) is 0 Å². The van der Waals surface area contributed by atoms with Crippen molar-refractivity contribution in [1.29, 1.82) is 0 Å². The Balaban J connectivity index is 1.72. The molecule has 25 heavy (non-hydrogen) atoms. The molecular weight excluding hydrogens is 340 g/mol. The highest BCUT2D eigenvalue weighted by molar-refractivity contribution is 7.16. The number of esters is 1. The first-order valence-electron chi connectivity index (χ1n) is 7.78. The van der Waals surface area contributed by atoms with Crippen LogP contribution in [0.3, 0.4) is 0 Å². The van der Waals surface area contributed by atoms with Crippen molar-refractivity contribution in [3.05, 3.63) is 51.9 Å². The summed E-state index contributed by atoms with van der Waals surface area (Å²) in [5.41, 5.74) is 2.85. The summed E-state index contributed by atoms with van der Waals surface area (Å²) in [6.07, 6.45) is -0.337. The van der Waals surface area contributed by atoms with E-state index in [1.165, 1.54) is 18.4 Å². The van der Waals surface area contributed by atoms with Gasteiger partial charge >= 0.3 is 5.97 Å². The molecule has 0 fully saturated rings. The van der Waals surface area contributed by atoms with Crippen molar-refractivity contribution in [3.63, 3.8) is 0 Å². The minimum atomic E-state index is -0.719. The number of oxime groups is 1. The first-order chi connectivity index (χ1) is 12.0. The molecule has 0 unspecified atom stereocenters. The van der Waals surface area contributed by atoms with E-state index in [1.807, 2.05) is 44.2 Å². The highest BCUT2D eigenvalue weighted by Gasteiger charge is 2.31. The number of aryl methyl sites for hydroxylation is 1. The van der Waals surface area contributed by atoms with E-state index in [0.717, 1.165) is 21.7 Å². The van der Waals surface area contributed by atoms with Gasteiger partial charge in [0.2, 0.25) is 6.10 Å². The second kappa shape index (κ2) is 7.06. The fourth-order valence-electron chi connectivity index (χ4n) is 2.57. The third-order valence-electron chi connectivity index (χ3n) is 4.08. The maximum atomic E-state index is 12.5. The Morgan fingerprint density at radius 3 is 2.68 bits per heavy atom. The van der Waals surface area contributed by atoms with Crippen LogP contribution in [-0.2, 0) is 14.4 Å². The third kappa shape index (κ3) is 3.41. The van der Waals surface area contributed by atoms with Gasteiger partial charge in [-0.3, -0.25) is 4.79 Å². The molecule has 1 aliphatic rings. The Kier molecular flexibility index (Phi) is 4.85. The van der Waals surface area contributed by atoms with E-state index >= 15 is 0 Å². The summed E-state index contributed by atoms with van der Waals surface area (Å²) < 4.78 is 4.82. The first kappa shape index (κ1) is 17.2. The highest BCUT2D eigenvalue weighted by atomic mass is 32.1. The average Bonchev–Trinajstić information content (AvgIpc) is 3.21. The van der Waals surface area contributed by atoms with E-state index < -0.39 is 12.1 Å². The van der Waals surface area contributed by atoms with Crippen LogP contribution in [0.4, 0.5) is 5.00 Å². The summed E-state index contributed by atoms with van der Waals surface area (Å²) in [5, 5.41) is 7.27.